The fourth-order valence-electron chi connectivity index (χ4n) is 1.57. The Bertz CT molecular complexity index is 672. The minimum absolute atomic E-state index is 0.250. The molecule has 2 aromatic rings. The zero-order chi connectivity index (χ0) is 15.2. The molecule has 0 atom stereocenters. The fraction of sp³-hybridized carbons (Fsp3) is 0.133. The summed E-state index contributed by atoms with van der Waals surface area (Å²) in [5.74, 6) is -0.980. The number of nitrogens with zero attached hydrogens (tertiary/aromatic N) is 2. The van der Waals surface area contributed by atoms with Gasteiger partial charge in [-0.2, -0.15) is 0 Å². The molecule has 1 aromatic heterocycles. The summed E-state index contributed by atoms with van der Waals surface area (Å²) in [6.07, 6.45) is 5.63. The number of halogens is 1. The highest BCUT2D eigenvalue weighted by molar-refractivity contribution is 7.98. The largest absolute Gasteiger partial charge is 0.478 e. The van der Waals surface area contributed by atoms with Gasteiger partial charge in [0.1, 0.15) is 5.82 Å². The van der Waals surface area contributed by atoms with E-state index in [1.165, 1.54) is 23.9 Å². The van der Waals surface area contributed by atoms with Crippen molar-refractivity contribution in [2.45, 2.75) is 17.8 Å². The normalized spacial score (nSPS) is 11.0. The summed E-state index contributed by atoms with van der Waals surface area (Å²) in [4.78, 5) is 18.8. The van der Waals surface area contributed by atoms with E-state index in [4.69, 9.17) is 5.11 Å². The first kappa shape index (κ1) is 15.2. The Morgan fingerprint density at radius 3 is 2.76 bits per heavy atom. The first-order valence-electron chi connectivity index (χ1n) is 6.15. The predicted octanol–water partition coefficient (Wildman–Crippen LogP) is 3.31. The van der Waals surface area contributed by atoms with Gasteiger partial charge in [-0.25, -0.2) is 19.2 Å². The van der Waals surface area contributed by atoms with Gasteiger partial charge in [-0.3, -0.25) is 0 Å². The zero-order valence-corrected chi connectivity index (χ0v) is 12.1. The Hall–Kier alpha value is -2.21. The van der Waals surface area contributed by atoms with Crippen LogP contribution in [0, 0.1) is 12.7 Å². The van der Waals surface area contributed by atoms with E-state index in [9.17, 15) is 9.18 Å². The summed E-state index contributed by atoms with van der Waals surface area (Å²) in [7, 11) is 0. The second-order valence-electron chi connectivity index (χ2n) is 4.36. The predicted molar refractivity (Wildman–Crippen MR) is 79.4 cm³/mol. The minimum atomic E-state index is -1.11. The lowest BCUT2D eigenvalue weighted by atomic mass is 10.1. The van der Waals surface area contributed by atoms with Gasteiger partial charge < -0.3 is 5.11 Å². The molecule has 0 amide bonds. The molecule has 2 rings (SSSR count). The molecule has 0 spiro atoms. The molecule has 0 fully saturated rings. The van der Waals surface area contributed by atoms with Gasteiger partial charge in [0.05, 0.1) is 0 Å². The van der Waals surface area contributed by atoms with Crippen LogP contribution in [-0.4, -0.2) is 21.0 Å². The summed E-state index contributed by atoms with van der Waals surface area (Å²) in [5.41, 5.74) is 2.11. The van der Waals surface area contributed by atoms with Crippen molar-refractivity contribution in [2.24, 2.45) is 0 Å². The van der Waals surface area contributed by atoms with Crippen LogP contribution in [0.5, 0.6) is 0 Å². The van der Waals surface area contributed by atoms with Crippen molar-refractivity contribution >= 4 is 23.8 Å². The Kier molecular flexibility index (Phi) is 5.05. The van der Waals surface area contributed by atoms with Crippen molar-refractivity contribution in [3.63, 3.8) is 0 Å². The van der Waals surface area contributed by atoms with Gasteiger partial charge in [0.25, 0.3) is 0 Å². The molecule has 0 bridgehead atoms. The van der Waals surface area contributed by atoms with E-state index in [1.807, 2.05) is 6.92 Å². The Labute approximate surface area is 125 Å². The maximum Gasteiger partial charge on any atom is 0.328 e. The first-order valence-corrected chi connectivity index (χ1v) is 7.14. The molecule has 0 aliphatic rings. The number of rotatable bonds is 5. The van der Waals surface area contributed by atoms with Crippen molar-refractivity contribution in [3.8, 4) is 0 Å². The van der Waals surface area contributed by atoms with Crippen LogP contribution in [0.15, 0.2) is 41.8 Å². The maximum atomic E-state index is 13.6. The van der Waals surface area contributed by atoms with Crippen LogP contribution >= 0.6 is 11.8 Å². The molecule has 1 N–H and O–H groups in total. The van der Waals surface area contributed by atoms with Gasteiger partial charge in [-0.15, -0.1) is 0 Å². The molecule has 1 heterocycles. The van der Waals surface area contributed by atoms with E-state index in [-0.39, 0.29) is 5.56 Å². The average molecular weight is 304 g/mol. The third-order valence-electron chi connectivity index (χ3n) is 2.59. The summed E-state index contributed by atoms with van der Waals surface area (Å²) in [6.45, 7) is 1.91. The standard InChI is InChI=1S/C15H13FN2O2S/c1-10-7-17-15(18-8-10)21-9-11-2-4-13(16)12(6-11)3-5-14(19)20/h2-8H,9H2,1H3,(H,19,20). The molecule has 0 saturated heterocycles. The van der Waals surface area contributed by atoms with Gasteiger partial charge >= 0.3 is 5.97 Å². The topological polar surface area (TPSA) is 63.1 Å². The van der Waals surface area contributed by atoms with Gasteiger partial charge in [-0.05, 0) is 36.3 Å². The molecule has 0 aliphatic heterocycles. The monoisotopic (exact) mass is 304 g/mol. The maximum absolute atomic E-state index is 13.6. The highest BCUT2D eigenvalue weighted by Gasteiger charge is 2.04. The third kappa shape index (κ3) is 4.68. The van der Waals surface area contributed by atoms with Crippen LogP contribution in [0.1, 0.15) is 16.7 Å². The summed E-state index contributed by atoms with van der Waals surface area (Å²) in [6, 6.07) is 4.61. The second kappa shape index (κ2) is 6.99. The van der Waals surface area contributed by atoms with E-state index in [1.54, 1.807) is 24.5 Å². The molecule has 0 aliphatic carbocycles. The number of carboxylic acids is 1. The molecule has 108 valence electrons. The number of hydrogen-bond donors (Lipinski definition) is 1. The molecule has 6 heteroatoms. The average Bonchev–Trinajstić information content (AvgIpc) is 2.46. The highest BCUT2D eigenvalue weighted by Crippen LogP contribution is 2.21. The SMILES string of the molecule is Cc1cnc(SCc2ccc(F)c(C=CC(=O)O)c2)nc1. The summed E-state index contributed by atoms with van der Waals surface area (Å²) < 4.78 is 13.6. The van der Waals surface area contributed by atoms with Crippen LogP contribution in [0.3, 0.4) is 0 Å². The zero-order valence-electron chi connectivity index (χ0n) is 11.3. The Morgan fingerprint density at radius 2 is 2.10 bits per heavy atom. The lowest BCUT2D eigenvalue weighted by Crippen LogP contribution is -1.91. The third-order valence-corrected chi connectivity index (χ3v) is 3.54. The van der Waals surface area contributed by atoms with Crippen molar-refractivity contribution in [2.75, 3.05) is 0 Å². The van der Waals surface area contributed by atoms with Crippen LogP contribution in [0.25, 0.3) is 6.08 Å². The lowest BCUT2D eigenvalue weighted by molar-refractivity contribution is -0.131. The molecule has 0 unspecified atom stereocenters. The van der Waals surface area contributed by atoms with E-state index >= 15 is 0 Å². The van der Waals surface area contributed by atoms with E-state index in [0.717, 1.165) is 17.2 Å². The number of hydrogen-bond acceptors (Lipinski definition) is 4. The molecule has 0 saturated carbocycles. The number of carbonyl (C=O) groups is 1. The number of aliphatic carboxylic acids is 1. The van der Waals surface area contributed by atoms with Gasteiger partial charge in [-0.1, -0.05) is 17.8 Å². The van der Waals surface area contributed by atoms with E-state index in [0.29, 0.717) is 10.9 Å². The molecule has 0 radical (unpaired) electrons. The van der Waals surface area contributed by atoms with Crippen molar-refractivity contribution in [3.05, 3.63) is 59.2 Å². The summed E-state index contributed by atoms with van der Waals surface area (Å²) >= 11 is 1.44. The molecule has 1 aromatic carbocycles. The Balaban J connectivity index is 2.08. The van der Waals surface area contributed by atoms with Gasteiger partial charge in [0.2, 0.25) is 0 Å². The minimum Gasteiger partial charge on any atom is -0.478 e. The number of benzene rings is 1. The van der Waals surface area contributed by atoms with Crippen molar-refractivity contribution in [1.29, 1.82) is 0 Å². The van der Waals surface area contributed by atoms with Crippen LogP contribution in [0.4, 0.5) is 4.39 Å². The Morgan fingerprint density at radius 1 is 1.38 bits per heavy atom. The number of carboxylic acid groups (broad SMARTS) is 1. The molecular weight excluding hydrogens is 291 g/mol. The second-order valence-corrected chi connectivity index (χ2v) is 5.30. The van der Waals surface area contributed by atoms with Gasteiger partial charge in [0, 0.05) is 29.8 Å². The summed E-state index contributed by atoms with van der Waals surface area (Å²) in [5, 5.41) is 9.23. The van der Waals surface area contributed by atoms with Crippen LogP contribution in [-0.2, 0) is 10.5 Å². The van der Waals surface area contributed by atoms with E-state index in [2.05, 4.69) is 9.97 Å². The van der Waals surface area contributed by atoms with Gasteiger partial charge in [0.15, 0.2) is 5.16 Å². The van der Waals surface area contributed by atoms with Crippen molar-refractivity contribution in [1.82, 2.24) is 9.97 Å². The number of aromatic nitrogens is 2. The molecule has 21 heavy (non-hydrogen) atoms. The molecule has 4 nitrogen and oxygen atoms in total. The quantitative estimate of drug-likeness (QED) is 0.521. The smallest absolute Gasteiger partial charge is 0.328 e. The molecular formula is C15H13FN2O2S. The van der Waals surface area contributed by atoms with Crippen molar-refractivity contribution < 1.29 is 14.3 Å². The van der Waals surface area contributed by atoms with E-state index < -0.39 is 11.8 Å². The fourth-order valence-corrected chi connectivity index (χ4v) is 2.30. The number of thioether (sulfide) groups is 1. The number of aryl methyl sites for hydroxylation is 1. The first-order chi connectivity index (χ1) is 10.0. The van der Waals surface area contributed by atoms with Crippen LogP contribution in [0.2, 0.25) is 0 Å². The highest BCUT2D eigenvalue weighted by atomic mass is 32.2. The van der Waals surface area contributed by atoms with Crippen LogP contribution < -0.4 is 0 Å². The lowest BCUT2D eigenvalue weighted by Gasteiger charge is -2.03.